The summed E-state index contributed by atoms with van der Waals surface area (Å²) in [6, 6.07) is 1.05. The van der Waals surface area contributed by atoms with Crippen molar-refractivity contribution in [1.82, 2.24) is 9.88 Å². The van der Waals surface area contributed by atoms with Crippen molar-refractivity contribution in [2.75, 3.05) is 13.2 Å². The Bertz CT molecular complexity index is 396. The molecule has 4 nitrogen and oxygen atoms in total. The smallest absolute Gasteiger partial charge is 0.270 e. The fraction of sp³-hybridized carbons (Fsp3) is 0.500. The van der Waals surface area contributed by atoms with Gasteiger partial charge in [-0.25, -0.2) is 4.39 Å². The summed E-state index contributed by atoms with van der Waals surface area (Å²) in [5, 5.41) is 9.49. The van der Waals surface area contributed by atoms with Gasteiger partial charge in [0.05, 0.1) is 24.2 Å². The van der Waals surface area contributed by atoms with E-state index in [4.69, 9.17) is 16.7 Å². The molecule has 1 saturated heterocycles. The van der Waals surface area contributed by atoms with Crippen LogP contribution in [0.2, 0.25) is 5.02 Å². The Balaban J connectivity index is 2.15. The van der Waals surface area contributed by atoms with Crippen molar-refractivity contribution in [3.05, 3.63) is 23.0 Å². The average Bonchev–Trinajstić information content (AvgIpc) is 2.83. The van der Waals surface area contributed by atoms with Crippen molar-refractivity contribution in [2.24, 2.45) is 0 Å². The van der Waals surface area contributed by atoms with E-state index >= 15 is 0 Å². The van der Waals surface area contributed by atoms with Crippen LogP contribution in [0.25, 0.3) is 0 Å². The van der Waals surface area contributed by atoms with E-state index in [1.807, 2.05) is 0 Å². The molecule has 1 aliphatic rings. The monoisotopic (exact) mass is 246 g/mol. The third kappa shape index (κ3) is 2.05. The normalized spacial score (nSPS) is 25.1. The molecule has 0 aromatic carbocycles. The van der Waals surface area contributed by atoms with E-state index in [9.17, 15) is 9.18 Å². The highest BCUT2D eigenvalue weighted by molar-refractivity contribution is 6.30. The van der Waals surface area contributed by atoms with Crippen LogP contribution in [0.5, 0.6) is 0 Å². The predicted octanol–water partition coefficient (Wildman–Crippen LogP) is 1.21. The fourth-order valence-electron chi connectivity index (χ4n) is 1.93. The largest absolute Gasteiger partial charge is 0.394 e. The summed E-state index contributed by atoms with van der Waals surface area (Å²) in [5.41, 5.74) is 0.317. The zero-order valence-electron chi connectivity index (χ0n) is 8.49. The molecule has 16 heavy (non-hydrogen) atoms. The van der Waals surface area contributed by atoms with E-state index in [0.717, 1.165) is 0 Å². The number of likely N-dealkylation sites (tertiary alicyclic amines) is 1. The second kappa shape index (κ2) is 4.43. The lowest BCUT2D eigenvalue weighted by molar-refractivity contribution is 0.0667. The van der Waals surface area contributed by atoms with Gasteiger partial charge in [-0.05, 0) is 6.07 Å². The quantitative estimate of drug-likeness (QED) is 0.824. The fourth-order valence-corrected chi connectivity index (χ4v) is 2.09. The Kier molecular flexibility index (Phi) is 3.16. The minimum atomic E-state index is -1.06. The summed E-state index contributed by atoms with van der Waals surface area (Å²) in [5.74, 6) is -0.328. The standard InChI is InChI=1S/C10H12ClFN2O2/c11-6-1-9(13-3-6)10(16)14-4-7(12)2-8(14)5-15/h1,3,7-8,13,15H,2,4-5H2/t7-,8-/m0/s1. The van der Waals surface area contributed by atoms with Crippen molar-refractivity contribution in [1.29, 1.82) is 0 Å². The predicted molar refractivity (Wildman–Crippen MR) is 57.2 cm³/mol. The van der Waals surface area contributed by atoms with Gasteiger partial charge in [0, 0.05) is 12.6 Å². The Hall–Kier alpha value is -1.07. The molecule has 88 valence electrons. The van der Waals surface area contributed by atoms with Gasteiger partial charge >= 0.3 is 0 Å². The molecule has 2 heterocycles. The van der Waals surface area contributed by atoms with E-state index in [2.05, 4.69) is 4.98 Å². The highest BCUT2D eigenvalue weighted by atomic mass is 35.5. The average molecular weight is 247 g/mol. The number of carbonyl (C=O) groups excluding carboxylic acids is 1. The number of alkyl halides is 1. The van der Waals surface area contributed by atoms with Crippen LogP contribution in [0.3, 0.4) is 0 Å². The molecule has 2 atom stereocenters. The number of aliphatic hydroxyl groups excluding tert-OH is 1. The molecule has 6 heteroatoms. The lowest BCUT2D eigenvalue weighted by Crippen LogP contribution is -2.38. The number of nitrogens with one attached hydrogen (secondary N) is 1. The molecule has 0 saturated carbocycles. The Labute approximate surface area is 97.0 Å². The van der Waals surface area contributed by atoms with E-state index in [0.29, 0.717) is 10.7 Å². The van der Waals surface area contributed by atoms with Crippen LogP contribution < -0.4 is 0 Å². The number of hydrogen-bond acceptors (Lipinski definition) is 2. The molecule has 2 rings (SSSR count). The number of nitrogens with zero attached hydrogens (tertiary/aromatic N) is 1. The molecule has 0 bridgehead atoms. The van der Waals surface area contributed by atoms with Crippen molar-refractivity contribution in [2.45, 2.75) is 18.6 Å². The topological polar surface area (TPSA) is 56.3 Å². The van der Waals surface area contributed by atoms with Gasteiger partial charge in [0.15, 0.2) is 0 Å². The van der Waals surface area contributed by atoms with Gasteiger partial charge in [0.25, 0.3) is 5.91 Å². The van der Waals surface area contributed by atoms with Gasteiger partial charge in [-0.3, -0.25) is 4.79 Å². The molecule has 1 aromatic heterocycles. The first-order valence-electron chi connectivity index (χ1n) is 5.01. The maximum Gasteiger partial charge on any atom is 0.270 e. The number of aliphatic hydroxyl groups is 1. The minimum Gasteiger partial charge on any atom is -0.394 e. The number of aromatic amines is 1. The number of halogens is 2. The van der Waals surface area contributed by atoms with Crippen LogP contribution in [-0.2, 0) is 0 Å². The minimum absolute atomic E-state index is 0.0285. The van der Waals surface area contributed by atoms with Crippen LogP contribution in [0.1, 0.15) is 16.9 Å². The van der Waals surface area contributed by atoms with Crippen LogP contribution in [0.15, 0.2) is 12.3 Å². The Morgan fingerprint density at radius 1 is 1.75 bits per heavy atom. The number of rotatable bonds is 2. The summed E-state index contributed by atoms with van der Waals surface area (Å²) in [6.07, 6.45) is 0.620. The molecule has 1 aliphatic heterocycles. The van der Waals surface area contributed by atoms with Crippen molar-refractivity contribution >= 4 is 17.5 Å². The van der Waals surface area contributed by atoms with Gasteiger partial charge in [-0.1, -0.05) is 11.6 Å². The lowest BCUT2D eigenvalue weighted by atomic mass is 10.2. The first kappa shape index (κ1) is 11.4. The third-order valence-electron chi connectivity index (χ3n) is 2.71. The molecule has 0 unspecified atom stereocenters. The number of carbonyl (C=O) groups is 1. The Morgan fingerprint density at radius 2 is 2.50 bits per heavy atom. The zero-order valence-corrected chi connectivity index (χ0v) is 9.25. The highest BCUT2D eigenvalue weighted by Crippen LogP contribution is 2.22. The first-order valence-corrected chi connectivity index (χ1v) is 5.39. The highest BCUT2D eigenvalue weighted by Gasteiger charge is 2.35. The molecule has 0 spiro atoms. The molecule has 1 amide bonds. The summed E-state index contributed by atoms with van der Waals surface area (Å²) in [7, 11) is 0. The number of hydrogen-bond donors (Lipinski definition) is 2. The Morgan fingerprint density at radius 3 is 3.06 bits per heavy atom. The third-order valence-corrected chi connectivity index (χ3v) is 2.93. The van der Waals surface area contributed by atoms with Gasteiger partial charge in [-0.2, -0.15) is 0 Å². The number of aromatic nitrogens is 1. The van der Waals surface area contributed by atoms with Crippen LogP contribution in [-0.4, -0.2) is 46.3 Å². The molecular formula is C10H12ClFN2O2. The maximum atomic E-state index is 13.2. The second-order valence-electron chi connectivity index (χ2n) is 3.86. The summed E-state index contributed by atoms with van der Waals surface area (Å²) >= 11 is 5.68. The molecule has 0 aliphatic carbocycles. The maximum absolute atomic E-state index is 13.2. The lowest BCUT2D eigenvalue weighted by Gasteiger charge is -2.21. The van der Waals surface area contributed by atoms with E-state index in [1.54, 1.807) is 0 Å². The molecular weight excluding hydrogens is 235 g/mol. The van der Waals surface area contributed by atoms with Crippen molar-refractivity contribution in [3.63, 3.8) is 0 Å². The van der Waals surface area contributed by atoms with E-state index < -0.39 is 12.2 Å². The van der Waals surface area contributed by atoms with E-state index in [-0.39, 0.29) is 25.5 Å². The second-order valence-corrected chi connectivity index (χ2v) is 4.29. The number of amides is 1. The van der Waals surface area contributed by atoms with Gasteiger partial charge in [0.2, 0.25) is 0 Å². The molecule has 1 aromatic rings. The van der Waals surface area contributed by atoms with Crippen molar-refractivity contribution < 1.29 is 14.3 Å². The van der Waals surface area contributed by atoms with Gasteiger partial charge in [0.1, 0.15) is 11.9 Å². The molecule has 2 N–H and O–H groups in total. The first-order chi connectivity index (χ1) is 7.61. The zero-order chi connectivity index (χ0) is 11.7. The van der Waals surface area contributed by atoms with Gasteiger partial charge < -0.3 is 15.0 Å². The van der Waals surface area contributed by atoms with Crippen LogP contribution in [0.4, 0.5) is 4.39 Å². The SMILES string of the molecule is O=C(c1cc(Cl)c[nH]1)N1C[C@@H](F)C[C@H]1CO. The van der Waals surface area contributed by atoms with Gasteiger partial charge in [-0.15, -0.1) is 0 Å². The molecule has 1 fully saturated rings. The van der Waals surface area contributed by atoms with E-state index in [1.165, 1.54) is 17.2 Å². The van der Waals surface area contributed by atoms with Crippen molar-refractivity contribution in [3.8, 4) is 0 Å². The summed E-state index contributed by atoms with van der Waals surface area (Å²) in [4.78, 5) is 16.0. The molecule has 0 radical (unpaired) electrons. The van der Waals surface area contributed by atoms with Crippen LogP contribution >= 0.6 is 11.6 Å². The summed E-state index contributed by atoms with van der Waals surface area (Å²) in [6.45, 7) is -0.193. The summed E-state index contributed by atoms with van der Waals surface area (Å²) < 4.78 is 13.2. The van der Waals surface area contributed by atoms with Crippen LogP contribution in [0, 0.1) is 0 Å². The number of H-pyrrole nitrogens is 1.